The van der Waals surface area contributed by atoms with E-state index in [4.69, 9.17) is 11.5 Å². The fraction of sp³-hybridized carbons (Fsp3) is 0. The monoisotopic (exact) mass is 138 g/mol. The van der Waals surface area contributed by atoms with Crippen LogP contribution in [0.5, 0.6) is 0 Å². The third kappa shape index (κ3) is 1.02. The first-order chi connectivity index (χ1) is 4.72. The van der Waals surface area contributed by atoms with Crippen LogP contribution in [0.4, 0.5) is 5.69 Å². The van der Waals surface area contributed by atoms with Crippen molar-refractivity contribution in [1.82, 2.24) is 9.97 Å². The Kier molecular flexibility index (Phi) is 1.49. The molecule has 4 N–H and O–H groups in total. The highest BCUT2D eigenvalue weighted by Gasteiger charge is 2.04. The van der Waals surface area contributed by atoms with Gasteiger partial charge in [-0.1, -0.05) is 0 Å². The summed E-state index contributed by atoms with van der Waals surface area (Å²) in [5.41, 5.74) is 10.5. The molecule has 0 aliphatic heterocycles. The fourth-order valence-electron chi connectivity index (χ4n) is 0.546. The van der Waals surface area contributed by atoms with E-state index in [1.807, 2.05) is 0 Å². The number of nitrogens with two attached hydrogens (primary N) is 2. The van der Waals surface area contributed by atoms with Crippen molar-refractivity contribution in [2.24, 2.45) is 5.73 Å². The normalized spacial score (nSPS) is 9.20. The summed E-state index contributed by atoms with van der Waals surface area (Å²) in [6.45, 7) is 0. The van der Waals surface area contributed by atoms with Gasteiger partial charge in [-0.25, -0.2) is 9.97 Å². The van der Waals surface area contributed by atoms with E-state index in [9.17, 15) is 4.79 Å². The van der Waals surface area contributed by atoms with Gasteiger partial charge in [-0.3, -0.25) is 4.79 Å². The Morgan fingerprint density at radius 3 is 2.70 bits per heavy atom. The van der Waals surface area contributed by atoms with Crippen molar-refractivity contribution < 1.29 is 4.79 Å². The zero-order valence-electron chi connectivity index (χ0n) is 5.11. The molecule has 0 saturated heterocycles. The smallest absolute Gasteiger partial charge is 0.269 e. The lowest BCUT2D eigenvalue weighted by molar-refractivity contribution is 0.0996. The molecule has 1 heterocycles. The van der Waals surface area contributed by atoms with E-state index < -0.39 is 5.91 Å². The SMILES string of the molecule is NC(=O)c1ncncc1N. The molecule has 1 aromatic rings. The maximum atomic E-state index is 10.5. The number of carbonyl (C=O) groups excluding carboxylic acids is 1. The predicted octanol–water partition coefficient (Wildman–Crippen LogP) is -0.842. The summed E-state index contributed by atoms with van der Waals surface area (Å²) in [4.78, 5) is 17.6. The Bertz CT molecular complexity index is 260. The number of primary amides is 1. The number of hydrogen-bond acceptors (Lipinski definition) is 4. The number of carbonyl (C=O) groups is 1. The molecule has 0 fully saturated rings. The molecule has 0 atom stereocenters. The Hall–Kier alpha value is -1.65. The van der Waals surface area contributed by atoms with E-state index in [0.29, 0.717) is 0 Å². The molecule has 1 aromatic heterocycles. The van der Waals surface area contributed by atoms with Crippen molar-refractivity contribution in [2.75, 3.05) is 5.73 Å². The highest BCUT2D eigenvalue weighted by Crippen LogP contribution is 2.02. The lowest BCUT2D eigenvalue weighted by Crippen LogP contribution is -2.15. The van der Waals surface area contributed by atoms with Gasteiger partial charge < -0.3 is 11.5 Å². The largest absolute Gasteiger partial charge is 0.396 e. The summed E-state index contributed by atoms with van der Waals surface area (Å²) in [5.74, 6) is -0.639. The predicted molar refractivity (Wildman–Crippen MR) is 35.0 cm³/mol. The molecule has 0 bridgehead atoms. The lowest BCUT2D eigenvalue weighted by atomic mass is 10.3. The Labute approximate surface area is 57.1 Å². The first-order valence-corrected chi connectivity index (χ1v) is 2.57. The quantitative estimate of drug-likeness (QED) is 0.528. The van der Waals surface area contributed by atoms with E-state index in [-0.39, 0.29) is 11.4 Å². The van der Waals surface area contributed by atoms with Crippen LogP contribution in [-0.4, -0.2) is 15.9 Å². The molecular formula is C5H6N4O. The standard InChI is InChI=1S/C5H6N4O/c6-3-1-8-2-9-4(3)5(7)10/h1-2H,6H2,(H2,7,10). The molecule has 0 unspecified atom stereocenters. The number of anilines is 1. The van der Waals surface area contributed by atoms with Crippen molar-refractivity contribution in [3.63, 3.8) is 0 Å². The van der Waals surface area contributed by atoms with Crippen LogP contribution in [0.3, 0.4) is 0 Å². The number of hydrogen-bond donors (Lipinski definition) is 2. The second-order valence-electron chi connectivity index (χ2n) is 1.69. The molecule has 1 amide bonds. The van der Waals surface area contributed by atoms with Gasteiger partial charge in [-0.05, 0) is 0 Å². The minimum atomic E-state index is -0.639. The highest BCUT2D eigenvalue weighted by molar-refractivity contribution is 5.95. The first kappa shape index (κ1) is 6.47. The molecule has 0 aromatic carbocycles. The molecule has 5 heteroatoms. The molecule has 0 radical (unpaired) electrons. The van der Waals surface area contributed by atoms with Gasteiger partial charge in [0.1, 0.15) is 6.33 Å². The van der Waals surface area contributed by atoms with Crippen molar-refractivity contribution in [3.05, 3.63) is 18.2 Å². The molecule has 10 heavy (non-hydrogen) atoms. The van der Waals surface area contributed by atoms with Gasteiger partial charge in [0.25, 0.3) is 5.91 Å². The zero-order chi connectivity index (χ0) is 7.56. The Balaban J connectivity index is 3.15. The Morgan fingerprint density at radius 2 is 2.30 bits per heavy atom. The molecular weight excluding hydrogens is 132 g/mol. The van der Waals surface area contributed by atoms with Gasteiger partial charge in [0.05, 0.1) is 11.9 Å². The number of nitrogens with zero attached hydrogens (tertiary/aromatic N) is 2. The van der Waals surface area contributed by atoms with Crippen molar-refractivity contribution in [2.45, 2.75) is 0 Å². The van der Waals surface area contributed by atoms with Gasteiger partial charge in [0, 0.05) is 0 Å². The highest BCUT2D eigenvalue weighted by atomic mass is 16.1. The van der Waals surface area contributed by atoms with Crippen molar-refractivity contribution in [3.8, 4) is 0 Å². The first-order valence-electron chi connectivity index (χ1n) is 2.57. The van der Waals surface area contributed by atoms with Gasteiger partial charge in [-0.15, -0.1) is 0 Å². The molecule has 0 spiro atoms. The summed E-state index contributed by atoms with van der Waals surface area (Å²) >= 11 is 0. The summed E-state index contributed by atoms with van der Waals surface area (Å²) in [5, 5.41) is 0. The van der Waals surface area contributed by atoms with Crippen molar-refractivity contribution >= 4 is 11.6 Å². The van der Waals surface area contributed by atoms with Crippen LogP contribution in [-0.2, 0) is 0 Å². The number of aromatic nitrogens is 2. The van der Waals surface area contributed by atoms with E-state index in [2.05, 4.69) is 9.97 Å². The molecule has 1 rings (SSSR count). The fourth-order valence-corrected chi connectivity index (χ4v) is 0.546. The van der Waals surface area contributed by atoms with Crippen LogP contribution in [0.2, 0.25) is 0 Å². The van der Waals surface area contributed by atoms with E-state index in [0.717, 1.165) is 0 Å². The van der Waals surface area contributed by atoms with Crippen LogP contribution in [0.25, 0.3) is 0 Å². The molecule has 0 saturated carbocycles. The topological polar surface area (TPSA) is 94.9 Å². The van der Waals surface area contributed by atoms with Gasteiger partial charge in [0.15, 0.2) is 5.69 Å². The minimum absolute atomic E-state index is 0.0648. The summed E-state index contributed by atoms with van der Waals surface area (Å²) in [7, 11) is 0. The molecule has 0 aliphatic rings. The number of nitrogen functional groups attached to an aromatic ring is 1. The third-order valence-corrected chi connectivity index (χ3v) is 0.974. The van der Waals surface area contributed by atoms with E-state index >= 15 is 0 Å². The second-order valence-corrected chi connectivity index (χ2v) is 1.69. The molecule has 52 valence electrons. The molecule has 0 aliphatic carbocycles. The maximum Gasteiger partial charge on any atom is 0.269 e. The maximum absolute atomic E-state index is 10.5. The van der Waals surface area contributed by atoms with Gasteiger partial charge in [0.2, 0.25) is 0 Å². The second kappa shape index (κ2) is 2.30. The summed E-state index contributed by atoms with van der Waals surface area (Å²) < 4.78 is 0. The summed E-state index contributed by atoms with van der Waals surface area (Å²) in [6, 6.07) is 0. The van der Waals surface area contributed by atoms with Gasteiger partial charge in [-0.2, -0.15) is 0 Å². The lowest BCUT2D eigenvalue weighted by Gasteiger charge is -1.95. The minimum Gasteiger partial charge on any atom is -0.396 e. The van der Waals surface area contributed by atoms with Crippen LogP contribution < -0.4 is 11.5 Å². The Morgan fingerprint density at radius 1 is 1.60 bits per heavy atom. The zero-order valence-corrected chi connectivity index (χ0v) is 5.11. The molecule has 5 nitrogen and oxygen atoms in total. The average Bonchev–Trinajstić information content (AvgIpc) is 1.88. The van der Waals surface area contributed by atoms with Crippen LogP contribution in [0.15, 0.2) is 12.5 Å². The van der Waals surface area contributed by atoms with Crippen LogP contribution >= 0.6 is 0 Å². The van der Waals surface area contributed by atoms with E-state index in [1.54, 1.807) is 0 Å². The van der Waals surface area contributed by atoms with Crippen LogP contribution in [0, 0.1) is 0 Å². The van der Waals surface area contributed by atoms with Crippen LogP contribution in [0.1, 0.15) is 10.5 Å². The summed E-state index contributed by atoms with van der Waals surface area (Å²) in [6.07, 6.45) is 2.55. The number of amides is 1. The third-order valence-electron chi connectivity index (χ3n) is 0.974. The van der Waals surface area contributed by atoms with Gasteiger partial charge >= 0.3 is 0 Å². The average molecular weight is 138 g/mol. The van der Waals surface area contributed by atoms with E-state index in [1.165, 1.54) is 12.5 Å². The van der Waals surface area contributed by atoms with Crippen molar-refractivity contribution in [1.29, 1.82) is 0 Å². The number of rotatable bonds is 1.